The van der Waals surface area contributed by atoms with Gasteiger partial charge in [0.2, 0.25) is 0 Å². The van der Waals surface area contributed by atoms with Gasteiger partial charge in [-0.1, -0.05) is 27.7 Å². The predicted molar refractivity (Wildman–Crippen MR) is 149 cm³/mol. The van der Waals surface area contributed by atoms with Crippen LogP contribution in [0.3, 0.4) is 0 Å². The highest BCUT2D eigenvalue weighted by molar-refractivity contribution is 7.99. The van der Waals surface area contributed by atoms with Crippen LogP contribution in [0.5, 0.6) is 0 Å². The molecule has 29 heavy (non-hydrogen) atoms. The van der Waals surface area contributed by atoms with Crippen molar-refractivity contribution >= 4 is 47.0 Å². The van der Waals surface area contributed by atoms with Crippen molar-refractivity contribution in [3.8, 4) is 0 Å². The van der Waals surface area contributed by atoms with Gasteiger partial charge in [-0.25, -0.2) is 0 Å². The molecule has 0 atom stereocenters. The first kappa shape index (κ1) is 30.4. The first-order valence-electron chi connectivity index (χ1n) is 12.4. The van der Waals surface area contributed by atoms with E-state index in [1.807, 2.05) is 0 Å². The zero-order valence-electron chi connectivity index (χ0n) is 20.2. The van der Waals surface area contributed by atoms with Crippen molar-refractivity contribution in [1.29, 1.82) is 0 Å². The second-order valence-electron chi connectivity index (χ2n) is 8.10. The Morgan fingerprint density at radius 1 is 0.379 bits per heavy atom. The smallest absolute Gasteiger partial charge is 0.0794 e. The molecule has 0 aliphatic carbocycles. The molecule has 1 nitrogen and oxygen atoms in total. The van der Waals surface area contributed by atoms with Gasteiger partial charge in [-0.05, 0) is 71.7 Å². The molecule has 0 saturated carbocycles. The van der Waals surface area contributed by atoms with Crippen molar-refractivity contribution in [3.05, 3.63) is 0 Å². The lowest BCUT2D eigenvalue weighted by Crippen LogP contribution is -2.51. The van der Waals surface area contributed by atoms with Crippen LogP contribution in [0.4, 0.5) is 0 Å². The Morgan fingerprint density at radius 3 is 0.828 bits per heavy atom. The minimum absolute atomic E-state index is 1.32. The van der Waals surface area contributed by atoms with Crippen LogP contribution in [-0.4, -0.2) is 76.7 Å². The maximum atomic E-state index is 2.31. The molecule has 0 saturated heterocycles. The quantitative estimate of drug-likeness (QED) is 0.101. The summed E-state index contributed by atoms with van der Waals surface area (Å²) in [5.74, 6) is 10.8. The summed E-state index contributed by atoms with van der Waals surface area (Å²) in [4.78, 5) is 0. The van der Waals surface area contributed by atoms with Crippen LogP contribution in [-0.2, 0) is 0 Å². The topological polar surface area (TPSA) is 0 Å². The van der Waals surface area contributed by atoms with E-state index in [1.165, 1.54) is 128 Å². The fourth-order valence-electron chi connectivity index (χ4n) is 3.66. The van der Waals surface area contributed by atoms with Crippen molar-refractivity contribution < 1.29 is 4.48 Å². The number of rotatable bonds is 24. The van der Waals surface area contributed by atoms with Gasteiger partial charge in [-0.3, -0.25) is 0 Å². The van der Waals surface area contributed by atoms with Gasteiger partial charge in [0.15, 0.2) is 0 Å². The maximum Gasteiger partial charge on any atom is 0.0794 e. The Balaban J connectivity index is 4.69. The van der Waals surface area contributed by atoms with Crippen LogP contribution in [0.2, 0.25) is 0 Å². The Bertz CT molecular complexity index is 254. The van der Waals surface area contributed by atoms with Gasteiger partial charge in [-0.15, -0.1) is 0 Å². The lowest BCUT2D eigenvalue weighted by Gasteiger charge is -2.39. The van der Waals surface area contributed by atoms with Crippen LogP contribution in [0.1, 0.15) is 79.1 Å². The average Bonchev–Trinajstić information content (AvgIpc) is 2.73. The molecule has 0 aromatic heterocycles. The van der Waals surface area contributed by atoms with E-state index in [0.29, 0.717) is 0 Å². The SMILES string of the molecule is CCCSCCC[N+](CCCSCCC)(CCCSCCC)CCCSCCC. The van der Waals surface area contributed by atoms with E-state index in [9.17, 15) is 0 Å². The molecule has 0 spiro atoms. The van der Waals surface area contributed by atoms with E-state index in [-0.39, 0.29) is 0 Å². The fourth-order valence-corrected chi connectivity index (χ4v) is 6.97. The second kappa shape index (κ2) is 24.0. The molecule has 0 aliphatic rings. The molecule has 0 fully saturated rings. The zero-order valence-corrected chi connectivity index (χ0v) is 23.5. The summed E-state index contributed by atoms with van der Waals surface area (Å²) in [6, 6.07) is 0. The predicted octanol–water partition coefficient (Wildman–Crippen LogP) is 7.94. The molecule has 0 heterocycles. The van der Waals surface area contributed by atoms with E-state index in [4.69, 9.17) is 0 Å². The first-order chi connectivity index (χ1) is 14.2. The van der Waals surface area contributed by atoms with Gasteiger partial charge >= 0.3 is 0 Å². The summed E-state index contributed by atoms with van der Waals surface area (Å²) in [6.45, 7) is 14.9. The number of thioether (sulfide) groups is 4. The molecule has 0 radical (unpaired) electrons. The normalized spacial score (nSPS) is 12.0. The molecule has 0 rings (SSSR count). The van der Waals surface area contributed by atoms with E-state index in [0.717, 1.165) is 0 Å². The van der Waals surface area contributed by atoms with Gasteiger partial charge in [-0.2, -0.15) is 47.0 Å². The highest BCUT2D eigenvalue weighted by Crippen LogP contribution is 2.19. The Labute approximate surface area is 202 Å². The van der Waals surface area contributed by atoms with Gasteiger partial charge in [0.1, 0.15) is 0 Å². The molecule has 0 aromatic carbocycles. The largest absolute Gasteiger partial charge is 0.324 e. The third-order valence-electron chi connectivity index (χ3n) is 5.08. The lowest BCUT2D eigenvalue weighted by atomic mass is 10.2. The number of hydrogen-bond acceptors (Lipinski definition) is 4. The molecule has 5 heteroatoms. The van der Waals surface area contributed by atoms with Crippen LogP contribution in [0, 0.1) is 0 Å². The summed E-state index contributed by atoms with van der Waals surface area (Å²) >= 11 is 8.71. The summed E-state index contributed by atoms with van der Waals surface area (Å²) < 4.78 is 1.42. The standard InChI is InChI=1S/C24H52NS4/c1-5-17-26-21-9-13-25(14-10-22-27-18-6-2,15-11-23-28-19-7-3)16-12-24-29-20-8-4/h5-24H2,1-4H3/q+1. The molecular weight excluding hydrogens is 431 g/mol. The molecule has 0 aliphatic heterocycles. The summed E-state index contributed by atoms with van der Waals surface area (Å²) in [7, 11) is 0. The molecule has 0 amide bonds. The van der Waals surface area contributed by atoms with Gasteiger partial charge in [0, 0.05) is 25.7 Å². The van der Waals surface area contributed by atoms with Crippen molar-refractivity contribution in [3.63, 3.8) is 0 Å². The van der Waals surface area contributed by atoms with Crippen molar-refractivity contribution in [2.45, 2.75) is 79.1 Å². The molecule has 0 bridgehead atoms. The summed E-state index contributed by atoms with van der Waals surface area (Å²) in [6.07, 6.45) is 10.9. The maximum absolute atomic E-state index is 2.31. The number of hydrogen-bond donors (Lipinski definition) is 0. The molecule has 176 valence electrons. The fraction of sp³-hybridized carbons (Fsp3) is 1.00. The molecule has 0 N–H and O–H groups in total. The molecular formula is C24H52NS4+. The third kappa shape index (κ3) is 19.7. The zero-order chi connectivity index (χ0) is 21.5. The van der Waals surface area contributed by atoms with E-state index < -0.39 is 0 Å². The number of nitrogens with zero attached hydrogens (tertiary/aromatic N) is 1. The highest BCUT2D eigenvalue weighted by Gasteiger charge is 2.26. The lowest BCUT2D eigenvalue weighted by molar-refractivity contribution is -0.928. The Hall–Kier alpha value is 1.36. The average molecular weight is 483 g/mol. The van der Waals surface area contributed by atoms with Gasteiger partial charge in [0.25, 0.3) is 0 Å². The molecule has 0 unspecified atom stereocenters. The molecule has 0 aromatic rings. The monoisotopic (exact) mass is 482 g/mol. The van der Waals surface area contributed by atoms with E-state index >= 15 is 0 Å². The van der Waals surface area contributed by atoms with Gasteiger partial charge in [0.05, 0.1) is 26.2 Å². The van der Waals surface area contributed by atoms with Crippen LogP contribution in [0.25, 0.3) is 0 Å². The first-order valence-corrected chi connectivity index (χ1v) is 17.0. The minimum Gasteiger partial charge on any atom is -0.324 e. The van der Waals surface area contributed by atoms with Crippen LogP contribution >= 0.6 is 47.0 Å². The van der Waals surface area contributed by atoms with Crippen molar-refractivity contribution in [1.82, 2.24) is 0 Å². The summed E-state index contributed by atoms with van der Waals surface area (Å²) in [5, 5.41) is 0. The van der Waals surface area contributed by atoms with E-state index in [2.05, 4.69) is 74.7 Å². The number of quaternary nitrogens is 1. The minimum atomic E-state index is 1.32. The van der Waals surface area contributed by atoms with Crippen LogP contribution < -0.4 is 0 Å². The van der Waals surface area contributed by atoms with Crippen molar-refractivity contribution in [2.24, 2.45) is 0 Å². The Kier molecular flexibility index (Phi) is 25.1. The van der Waals surface area contributed by atoms with Crippen LogP contribution in [0.15, 0.2) is 0 Å². The summed E-state index contributed by atoms with van der Waals surface area (Å²) in [5.41, 5.74) is 0. The third-order valence-corrected chi connectivity index (χ3v) is 10.2. The highest BCUT2D eigenvalue weighted by atomic mass is 32.2. The second-order valence-corrected chi connectivity index (χ2v) is 13.0. The van der Waals surface area contributed by atoms with Gasteiger partial charge < -0.3 is 4.48 Å². The Morgan fingerprint density at radius 2 is 0.621 bits per heavy atom. The van der Waals surface area contributed by atoms with Crippen molar-refractivity contribution in [2.75, 3.05) is 72.2 Å². The van der Waals surface area contributed by atoms with E-state index in [1.54, 1.807) is 0 Å².